The molecule has 3 unspecified atom stereocenters. The van der Waals surface area contributed by atoms with Gasteiger partial charge >= 0.3 is 0 Å². The van der Waals surface area contributed by atoms with Gasteiger partial charge in [-0.2, -0.15) is 0 Å². The van der Waals surface area contributed by atoms with Crippen molar-refractivity contribution in [2.24, 2.45) is 4.99 Å². The number of ether oxygens (including phenoxy) is 1. The van der Waals surface area contributed by atoms with Gasteiger partial charge in [-0.15, -0.1) is 0 Å². The molecule has 23 heavy (non-hydrogen) atoms. The Balaban J connectivity index is 1.60. The molecule has 0 spiro atoms. The van der Waals surface area contributed by atoms with E-state index in [1.54, 1.807) is 12.1 Å². The molecular formula is C17H23ClFN3O. The Labute approximate surface area is 141 Å². The summed E-state index contributed by atoms with van der Waals surface area (Å²) in [7, 11) is 0. The zero-order valence-corrected chi connectivity index (χ0v) is 14.1. The molecule has 0 amide bonds. The third-order valence-corrected chi connectivity index (χ3v) is 4.63. The maximum atomic E-state index is 14.0. The van der Waals surface area contributed by atoms with E-state index in [4.69, 9.17) is 16.3 Å². The molecule has 1 aromatic rings. The Morgan fingerprint density at radius 1 is 1.48 bits per heavy atom. The molecule has 2 aliphatic rings. The summed E-state index contributed by atoms with van der Waals surface area (Å²) in [6, 6.07) is 5.02. The van der Waals surface area contributed by atoms with Gasteiger partial charge in [-0.3, -0.25) is 4.99 Å². The van der Waals surface area contributed by atoms with E-state index >= 15 is 0 Å². The quantitative estimate of drug-likeness (QED) is 0.640. The molecule has 3 rings (SSSR count). The van der Waals surface area contributed by atoms with E-state index < -0.39 is 0 Å². The van der Waals surface area contributed by atoms with E-state index in [0.717, 1.165) is 38.4 Å². The molecule has 2 fully saturated rings. The molecule has 0 radical (unpaired) electrons. The number of hydrogen-bond donors (Lipinski definition) is 2. The van der Waals surface area contributed by atoms with Crippen molar-refractivity contribution >= 4 is 17.6 Å². The van der Waals surface area contributed by atoms with Crippen molar-refractivity contribution < 1.29 is 9.13 Å². The molecule has 1 aromatic carbocycles. The van der Waals surface area contributed by atoms with Crippen LogP contribution < -0.4 is 10.6 Å². The highest BCUT2D eigenvalue weighted by Crippen LogP contribution is 2.44. The minimum Gasteiger partial charge on any atom is -0.376 e. The maximum Gasteiger partial charge on any atom is 0.191 e. The second kappa shape index (κ2) is 7.49. The average molecular weight is 340 g/mol. The lowest BCUT2D eigenvalue weighted by atomic mass is 10.1. The molecule has 0 aromatic heterocycles. The molecule has 1 heterocycles. The summed E-state index contributed by atoms with van der Waals surface area (Å²) in [4.78, 5) is 4.59. The van der Waals surface area contributed by atoms with Crippen LogP contribution in [0.15, 0.2) is 23.2 Å². The lowest BCUT2D eigenvalue weighted by molar-refractivity contribution is 0.117. The number of guanidine groups is 1. The van der Waals surface area contributed by atoms with E-state index in [2.05, 4.69) is 15.6 Å². The zero-order chi connectivity index (χ0) is 16.2. The smallest absolute Gasteiger partial charge is 0.191 e. The van der Waals surface area contributed by atoms with Gasteiger partial charge in [-0.25, -0.2) is 4.39 Å². The molecule has 1 saturated carbocycles. The number of nitrogens with zero attached hydrogens (tertiary/aromatic N) is 1. The van der Waals surface area contributed by atoms with Crippen molar-refractivity contribution in [1.82, 2.24) is 10.6 Å². The first-order chi connectivity index (χ1) is 11.2. The lowest BCUT2D eigenvalue weighted by Gasteiger charge is -2.13. The van der Waals surface area contributed by atoms with Gasteiger partial charge in [0.15, 0.2) is 5.96 Å². The third-order valence-electron chi connectivity index (χ3n) is 4.30. The van der Waals surface area contributed by atoms with E-state index in [9.17, 15) is 4.39 Å². The Bertz CT molecular complexity index is 555. The molecule has 1 aliphatic carbocycles. The van der Waals surface area contributed by atoms with Crippen molar-refractivity contribution in [3.8, 4) is 0 Å². The van der Waals surface area contributed by atoms with Crippen LogP contribution in [0.1, 0.15) is 37.7 Å². The van der Waals surface area contributed by atoms with Gasteiger partial charge in [0, 0.05) is 35.7 Å². The molecule has 1 aliphatic heterocycles. The Morgan fingerprint density at radius 3 is 3.04 bits per heavy atom. The summed E-state index contributed by atoms with van der Waals surface area (Å²) < 4.78 is 19.6. The summed E-state index contributed by atoms with van der Waals surface area (Å²) in [5, 5.41) is 7.11. The predicted molar refractivity (Wildman–Crippen MR) is 90.6 cm³/mol. The number of hydrogen-bond acceptors (Lipinski definition) is 2. The van der Waals surface area contributed by atoms with Gasteiger partial charge < -0.3 is 15.4 Å². The normalized spacial score (nSPS) is 27.1. The number of nitrogens with one attached hydrogen (secondary N) is 2. The first kappa shape index (κ1) is 16.5. The highest BCUT2D eigenvalue weighted by Gasteiger charge is 2.41. The fourth-order valence-electron chi connectivity index (χ4n) is 3.02. The van der Waals surface area contributed by atoms with Crippen molar-refractivity contribution in [3.05, 3.63) is 34.6 Å². The van der Waals surface area contributed by atoms with E-state index in [1.165, 1.54) is 6.07 Å². The van der Waals surface area contributed by atoms with Gasteiger partial charge in [0.1, 0.15) is 5.82 Å². The Kier molecular flexibility index (Phi) is 5.38. The summed E-state index contributed by atoms with van der Waals surface area (Å²) in [5.74, 6) is 0.645. The highest BCUT2D eigenvalue weighted by molar-refractivity contribution is 6.31. The minimum absolute atomic E-state index is 0.107. The lowest BCUT2D eigenvalue weighted by Crippen LogP contribution is -2.39. The summed E-state index contributed by atoms with van der Waals surface area (Å²) in [5.41, 5.74) is 0.613. The second-order valence-electron chi connectivity index (χ2n) is 6.08. The van der Waals surface area contributed by atoms with E-state index in [1.807, 2.05) is 6.92 Å². The fraction of sp³-hybridized carbons (Fsp3) is 0.588. The topological polar surface area (TPSA) is 45.7 Å². The number of halogens is 2. The van der Waals surface area contributed by atoms with Gasteiger partial charge in [0.05, 0.1) is 12.6 Å². The van der Waals surface area contributed by atoms with Crippen LogP contribution in [0.2, 0.25) is 5.02 Å². The van der Waals surface area contributed by atoms with Crippen LogP contribution in [-0.2, 0) is 4.74 Å². The van der Waals surface area contributed by atoms with Crippen molar-refractivity contribution in [2.75, 3.05) is 19.7 Å². The molecule has 0 bridgehead atoms. The van der Waals surface area contributed by atoms with Crippen LogP contribution in [0.3, 0.4) is 0 Å². The maximum absolute atomic E-state index is 14.0. The molecule has 1 saturated heterocycles. The molecule has 4 nitrogen and oxygen atoms in total. The van der Waals surface area contributed by atoms with Crippen LogP contribution in [0.25, 0.3) is 0 Å². The Morgan fingerprint density at radius 2 is 2.35 bits per heavy atom. The number of aliphatic imine (C=N–C) groups is 1. The SMILES string of the molecule is CCNC(=NCC1CCCO1)NC1CC1c1c(F)cccc1Cl. The highest BCUT2D eigenvalue weighted by atomic mass is 35.5. The molecule has 126 valence electrons. The standard InChI is InChI=1S/C17H23ClFN3O/c1-2-20-17(21-10-11-5-4-8-23-11)22-15-9-12(15)16-13(18)6-3-7-14(16)19/h3,6-7,11-12,15H,2,4-5,8-10H2,1H3,(H2,20,21,22). The largest absolute Gasteiger partial charge is 0.376 e. The monoisotopic (exact) mass is 339 g/mol. The Hall–Kier alpha value is -1.33. The minimum atomic E-state index is -0.229. The molecule has 3 atom stereocenters. The van der Waals surface area contributed by atoms with Crippen LogP contribution >= 0.6 is 11.6 Å². The van der Waals surface area contributed by atoms with Crippen LogP contribution in [0, 0.1) is 5.82 Å². The van der Waals surface area contributed by atoms with Gasteiger partial charge in [-0.1, -0.05) is 17.7 Å². The number of benzene rings is 1. The molecular weight excluding hydrogens is 317 g/mol. The van der Waals surface area contributed by atoms with Gasteiger partial charge in [0.25, 0.3) is 0 Å². The second-order valence-corrected chi connectivity index (χ2v) is 6.49. The molecule has 2 N–H and O–H groups in total. The van der Waals surface area contributed by atoms with Crippen molar-refractivity contribution in [3.63, 3.8) is 0 Å². The fourth-order valence-corrected chi connectivity index (χ4v) is 3.32. The van der Waals surface area contributed by atoms with E-state index in [0.29, 0.717) is 17.1 Å². The summed E-state index contributed by atoms with van der Waals surface area (Å²) >= 11 is 6.14. The van der Waals surface area contributed by atoms with Crippen LogP contribution in [0.4, 0.5) is 4.39 Å². The third kappa shape index (κ3) is 4.15. The predicted octanol–water partition coefficient (Wildman–Crippen LogP) is 3.07. The number of rotatable bonds is 5. The summed E-state index contributed by atoms with van der Waals surface area (Å²) in [6.45, 7) is 4.31. The van der Waals surface area contributed by atoms with Gasteiger partial charge in [-0.05, 0) is 38.3 Å². The van der Waals surface area contributed by atoms with Crippen molar-refractivity contribution in [1.29, 1.82) is 0 Å². The first-order valence-electron chi connectivity index (χ1n) is 8.29. The van der Waals surface area contributed by atoms with Gasteiger partial charge in [0.2, 0.25) is 0 Å². The molecule has 6 heteroatoms. The zero-order valence-electron chi connectivity index (χ0n) is 13.3. The van der Waals surface area contributed by atoms with Crippen LogP contribution in [0.5, 0.6) is 0 Å². The van der Waals surface area contributed by atoms with Crippen LogP contribution in [-0.4, -0.2) is 37.8 Å². The summed E-state index contributed by atoms with van der Waals surface area (Å²) in [6.07, 6.45) is 3.27. The average Bonchev–Trinajstić information content (AvgIpc) is 3.06. The first-order valence-corrected chi connectivity index (χ1v) is 8.67. The van der Waals surface area contributed by atoms with Crippen molar-refractivity contribution in [2.45, 2.75) is 44.2 Å². The van der Waals surface area contributed by atoms with E-state index in [-0.39, 0.29) is 23.9 Å².